The largest absolute Gasteiger partial charge is 0.342 e. The third kappa shape index (κ3) is 2.79. The van der Waals surface area contributed by atoms with Crippen LogP contribution in [0, 0.1) is 5.92 Å². The van der Waals surface area contributed by atoms with Crippen LogP contribution in [-0.4, -0.2) is 47.8 Å². The van der Waals surface area contributed by atoms with Crippen molar-refractivity contribution in [2.75, 3.05) is 26.2 Å². The highest BCUT2D eigenvalue weighted by atomic mass is 16.2. The molecule has 0 aromatic carbocycles. The van der Waals surface area contributed by atoms with E-state index in [1.165, 1.54) is 6.42 Å². The van der Waals surface area contributed by atoms with Crippen molar-refractivity contribution in [1.82, 2.24) is 9.80 Å². The van der Waals surface area contributed by atoms with Gasteiger partial charge in [-0.15, -0.1) is 0 Å². The molecular weight excluding hydrogens is 216 g/mol. The van der Waals surface area contributed by atoms with Gasteiger partial charge in [0, 0.05) is 32.6 Å². The van der Waals surface area contributed by atoms with Gasteiger partial charge in [-0.2, -0.15) is 0 Å². The molecule has 2 aliphatic rings. The van der Waals surface area contributed by atoms with Crippen LogP contribution in [0.2, 0.25) is 0 Å². The van der Waals surface area contributed by atoms with E-state index in [0.717, 1.165) is 38.9 Å². The lowest BCUT2D eigenvalue weighted by Gasteiger charge is -2.29. The molecule has 1 unspecified atom stereocenters. The summed E-state index contributed by atoms with van der Waals surface area (Å²) < 4.78 is 0. The van der Waals surface area contributed by atoms with Gasteiger partial charge in [0.1, 0.15) is 0 Å². The van der Waals surface area contributed by atoms with E-state index in [1.54, 1.807) is 0 Å². The normalized spacial score (nSPS) is 25.1. The lowest BCUT2D eigenvalue weighted by molar-refractivity contribution is -0.136. The first-order valence-electron chi connectivity index (χ1n) is 6.79. The van der Waals surface area contributed by atoms with Crippen molar-refractivity contribution in [2.45, 2.75) is 39.0 Å². The quantitative estimate of drug-likeness (QED) is 0.726. The fourth-order valence-corrected chi connectivity index (χ4v) is 2.78. The topological polar surface area (TPSA) is 40.6 Å². The zero-order valence-corrected chi connectivity index (χ0v) is 10.7. The molecule has 4 nitrogen and oxygen atoms in total. The zero-order valence-electron chi connectivity index (χ0n) is 10.7. The Hall–Kier alpha value is -1.06. The molecule has 0 saturated carbocycles. The van der Waals surface area contributed by atoms with Crippen molar-refractivity contribution in [1.29, 1.82) is 0 Å². The minimum Gasteiger partial charge on any atom is -0.342 e. The van der Waals surface area contributed by atoms with E-state index in [-0.39, 0.29) is 17.7 Å². The summed E-state index contributed by atoms with van der Waals surface area (Å²) in [6.45, 7) is 5.11. The fourth-order valence-electron chi connectivity index (χ4n) is 2.78. The molecule has 0 radical (unpaired) electrons. The van der Waals surface area contributed by atoms with Crippen LogP contribution in [0.3, 0.4) is 0 Å². The number of hydrogen-bond donors (Lipinski definition) is 0. The fraction of sp³-hybridized carbons (Fsp3) is 0.846. The number of nitrogens with zero attached hydrogens (tertiary/aromatic N) is 2. The third-order valence-electron chi connectivity index (χ3n) is 3.86. The molecular formula is C13H22N2O2. The van der Waals surface area contributed by atoms with Crippen molar-refractivity contribution in [3.8, 4) is 0 Å². The van der Waals surface area contributed by atoms with Gasteiger partial charge in [-0.25, -0.2) is 0 Å². The Morgan fingerprint density at radius 2 is 1.76 bits per heavy atom. The molecule has 0 bridgehead atoms. The maximum Gasteiger partial charge on any atom is 0.227 e. The smallest absolute Gasteiger partial charge is 0.227 e. The Morgan fingerprint density at radius 3 is 2.41 bits per heavy atom. The summed E-state index contributed by atoms with van der Waals surface area (Å²) in [5.74, 6) is 0.513. The standard InChI is InChI=1S/C13H22N2O2/c1-2-12(16)15-9-6-11(10-15)13(17)14-7-4-3-5-8-14/h11H,2-10H2,1H3. The second-order valence-electron chi connectivity index (χ2n) is 5.06. The highest BCUT2D eigenvalue weighted by Crippen LogP contribution is 2.21. The lowest BCUT2D eigenvalue weighted by Crippen LogP contribution is -2.41. The first kappa shape index (κ1) is 12.4. The van der Waals surface area contributed by atoms with Crippen molar-refractivity contribution in [2.24, 2.45) is 5.92 Å². The van der Waals surface area contributed by atoms with Gasteiger partial charge in [0.25, 0.3) is 0 Å². The second-order valence-corrected chi connectivity index (χ2v) is 5.06. The van der Waals surface area contributed by atoms with E-state index in [4.69, 9.17) is 0 Å². The average molecular weight is 238 g/mol. The summed E-state index contributed by atoms with van der Waals surface area (Å²) in [4.78, 5) is 27.6. The predicted molar refractivity (Wildman–Crippen MR) is 65.4 cm³/mol. The van der Waals surface area contributed by atoms with Crippen LogP contribution in [0.25, 0.3) is 0 Å². The summed E-state index contributed by atoms with van der Waals surface area (Å²) in [5.41, 5.74) is 0. The van der Waals surface area contributed by atoms with Crippen LogP contribution < -0.4 is 0 Å². The number of rotatable bonds is 2. The van der Waals surface area contributed by atoms with Gasteiger partial charge in [0.05, 0.1) is 5.92 Å². The maximum absolute atomic E-state index is 12.2. The molecule has 0 aromatic rings. The summed E-state index contributed by atoms with van der Waals surface area (Å²) in [7, 11) is 0. The molecule has 2 aliphatic heterocycles. The highest BCUT2D eigenvalue weighted by Gasteiger charge is 2.33. The second kappa shape index (κ2) is 5.52. The van der Waals surface area contributed by atoms with E-state index < -0.39 is 0 Å². The maximum atomic E-state index is 12.2. The SMILES string of the molecule is CCC(=O)N1CCC(C(=O)N2CCCCC2)C1. The van der Waals surface area contributed by atoms with E-state index in [9.17, 15) is 9.59 Å². The minimum absolute atomic E-state index is 0.0589. The molecule has 0 spiro atoms. The number of piperidine rings is 1. The van der Waals surface area contributed by atoms with Crippen molar-refractivity contribution >= 4 is 11.8 Å². The van der Waals surface area contributed by atoms with E-state index >= 15 is 0 Å². The van der Waals surface area contributed by atoms with Gasteiger partial charge >= 0.3 is 0 Å². The molecule has 17 heavy (non-hydrogen) atoms. The van der Waals surface area contributed by atoms with Crippen LogP contribution in [0.5, 0.6) is 0 Å². The average Bonchev–Trinajstić information content (AvgIpc) is 2.87. The number of hydrogen-bond acceptors (Lipinski definition) is 2. The molecule has 2 heterocycles. The van der Waals surface area contributed by atoms with Crippen LogP contribution in [0.4, 0.5) is 0 Å². The Morgan fingerprint density at radius 1 is 1.06 bits per heavy atom. The van der Waals surface area contributed by atoms with Gasteiger partial charge < -0.3 is 9.80 Å². The predicted octanol–water partition coefficient (Wildman–Crippen LogP) is 1.26. The Balaban J connectivity index is 1.87. The monoisotopic (exact) mass is 238 g/mol. The molecule has 96 valence electrons. The first-order valence-corrected chi connectivity index (χ1v) is 6.79. The Bertz CT molecular complexity index is 298. The molecule has 4 heteroatoms. The number of amides is 2. The summed E-state index contributed by atoms with van der Waals surface area (Å²) in [6.07, 6.45) is 4.91. The summed E-state index contributed by atoms with van der Waals surface area (Å²) in [5, 5.41) is 0. The molecule has 0 aliphatic carbocycles. The highest BCUT2D eigenvalue weighted by molar-refractivity contribution is 5.82. The minimum atomic E-state index is 0.0589. The number of likely N-dealkylation sites (tertiary alicyclic amines) is 2. The van der Waals surface area contributed by atoms with Gasteiger partial charge in [-0.3, -0.25) is 9.59 Å². The summed E-state index contributed by atoms with van der Waals surface area (Å²) >= 11 is 0. The Kier molecular flexibility index (Phi) is 4.02. The number of carbonyl (C=O) groups is 2. The Labute approximate surface area is 103 Å². The zero-order chi connectivity index (χ0) is 12.3. The van der Waals surface area contributed by atoms with Crippen molar-refractivity contribution in [3.05, 3.63) is 0 Å². The first-order chi connectivity index (χ1) is 8.22. The van der Waals surface area contributed by atoms with Crippen LogP contribution in [0.1, 0.15) is 39.0 Å². The van der Waals surface area contributed by atoms with Gasteiger partial charge in [-0.1, -0.05) is 6.92 Å². The van der Waals surface area contributed by atoms with Crippen LogP contribution in [-0.2, 0) is 9.59 Å². The van der Waals surface area contributed by atoms with E-state index in [1.807, 2.05) is 16.7 Å². The van der Waals surface area contributed by atoms with Gasteiger partial charge in [0.2, 0.25) is 11.8 Å². The summed E-state index contributed by atoms with van der Waals surface area (Å²) in [6, 6.07) is 0. The molecule has 0 aromatic heterocycles. The van der Waals surface area contributed by atoms with Crippen LogP contribution in [0.15, 0.2) is 0 Å². The molecule has 2 saturated heterocycles. The van der Waals surface area contributed by atoms with Crippen LogP contribution >= 0.6 is 0 Å². The van der Waals surface area contributed by atoms with E-state index in [0.29, 0.717) is 13.0 Å². The van der Waals surface area contributed by atoms with Gasteiger partial charge in [0.15, 0.2) is 0 Å². The molecule has 0 N–H and O–H groups in total. The lowest BCUT2D eigenvalue weighted by atomic mass is 10.0. The van der Waals surface area contributed by atoms with Crippen molar-refractivity contribution < 1.29 is 9.59 Å². The van der Waals surface area contributed by atoms with Crippen molar-refractivity contribution in [3.63, 3.8) is 0 Å². The molecule has 2 fully saturated rings. The van der Waals surface area contributed by atoms with E-state index in [2.05, 4.69) is 0 Å². The third-order valence-corrected chi connectivity index (χ3v) is 3.86. The van der Waals surface area contributed by atoms with Gasteiger partial charge in [-0.05, 0) is 25.7 Å². The molecule has 1 atom stereocenters. The number of carbonyl (C=O) groups excluding carboxylic acids is 2. The molecule has 2 amide bonds. The molecule has 2 rings (SSSR count).